The molecule has 1 unspecified atom stereocenters. The molecular formula is C11H11BrN2O3. The minimum absolute atomic E-state index is 0.481. The summed E-state index contributed by atoms with van der Waals surface area (Å²) >= 11 is 3.31. The van der Waals surface area contributed by atoms with E-state index in [1.54, 1.807) is 23.9 Å². The number of rotatable bonds is 2. The van der Waals surface area contributed by atoms with E-state index >= 15 is 0 Å². The van der Waals surface area contributed by atoms with Crippen LogP contribution in [0.2, 0.25) is 0 Å². The van der Waals surface area contributed by atoms with E-state index in [1.165, 1.54) is 7.11 Å². The lowest BCUT2D eigenvalue weighted by molar-refractivity contribution is -0.150. The molecule has 0 spiro atoms. The molecule has 1 N–H and O–H groups in total. The van der Waals surface area contributed by atoms with Gasteiger partial charge in [0.2, 0.25) is 0 Å². The van der Waals surface area contributed by atoms with Crippen LogP contribution in [0.1, 0.15) is 11.7 Å². The monoisotopic (exact) mass is 298 g/mol. The molecule has 5 nitrogen and oxygen atoms in total. The number of hydrogen-bond donors (Lipinski definition) is 1. The number of aliphatic hydroxyl groups excluding tert-OH is 1. The highest BCUT2D eigenvalue weighted by atomic mass is 79.9. The van der Waals surface area contributed by atoms with Crippen molar-refractivity contribution in [3.05, 3.63) is 28.4 Å². The molecule has 0 saturated carbocycles. The van der Waals surface area contributed by atoms with Gasteiger partial charge in [-0.1, -0.05) is 12.1 Å². The zero-order valence-electron chi connectivity index (χ0n) is 9.35. The zero-order chi connectivity index (χ0) is 12.6. The summed E-state index contributed by atoms with van der Waals surface area (Å²) < 4.78 is 6.80. The Morgan fingerprint density at radius 3 is 2.94 bits per heavy atom. The molecule has 0 bridgehead atoms. The van der Waals surface area contributed by atoms with E-state index in [0.29, 0.717) is 15.6 Å². The lowest BCUT2D eigenvalue weighted by Gasteiger charge is -2.09. The molecule has 0 aliphatic heterocycles. The number of esters is 1. The van der Waals surface area contributed by atoms with Crippen molar-refractivity contribution in [1.29, 1.82) is 0 Å². The summed E-state index contributed by atoms with van der Waals surface area (Å²) in [6, 6.07) is 5.30. The van der Waals surface area contributed by atoms with Crippen molar-refractivity contribution in [2.24, 2.45) is 7.05 Å². The lowest BCUT2D eigenvalue weighted by Crippen LogP contribution is -2.13. The van der Waals surface area contributed by atoms with Gasteiger partial charge in [-0.15, -0.1) is 0 Å². The Kier molecular flexibility index (Phi) is 3.17. The molecular weight excluding hydrogens is 288 g/mol. The van der Waals surface area contributed by atoms with Gasteiger partial charge in [-0.05, 0) is 22.0 Å². The lowest BCUT2D eigenvalue weighted by atomic mass is 10.1. The summed E-state index contributed by atoms with van der Waals surface area (Å²) in [5.41, 5.74) is 1.31. The molecule has 1 aromatic carbocycles. The highest BCUT2D eigenvalue weighted by Gasteiger charge is 2.22. The van der Waals surface area contributed by atoms with Crippen LogP contribution >= 0.6 is 15.9 Å². The molecule has 6 heteroatoms. The predicted molar refractivity (Wildman–Crippen MR) is 65.4 cm³/mol. The largest absolute Gasteiger partial charge is 0.467 e. The van der Waals surface area contributed by atoms with E-state index in [4.69, 9.17) is 0 Å². The number of nitrogens with zero attached hydrogens (tertiary/aromatic N) is 2. The average Bonchev–Trinajstić information content (AvgIpc) is 2.63. The van der Waals surface area contributed by atoms with Gasteiger partial charge in [0.15, 0.2) is 6.10 Å². The van der Waals surface area contributed by atoms with Crippen LogP contribution in [-0.2, 0) is 16.6 Å². The quantitative estimate of drug-likeness (QED) is 0.854. The average molecular weight is 299 g/mol. The number of carbonyl (C=O) groups excluding carboxylic acids is 1. The summed E-state index contributed by atoms with van der Waals surface area (Å²) in [7, 11) is 3.03. The third kappa shape index (κ3) is 1.94. The molecule has 0 saturated heterocycles. The number of ether oxygens (including phenoxy) is 1. The van der Waals surface area contributed by atoms with Crippen molar-refractivity contribution in [2.45, 2.75) is 6.10 Å². The summed E-state index contributed by atoms with van der Waals surface area (Å²) in [6.45, 7) is 0. The minimum Gasteiger partial charge on any atom is -0.467 e. The Morgan fingerprint density at radius 1 is 1.59 bits per heavy atom. The Hall–Kier alpha value is -1.40. The first-order valence-corrected chi connectivity index (χ1v) is 5.72. The summed E-state index contributed by atoms with van der Waals surface area (Å²) in [5.74, 6) is -0.687. The summed E-state index contributed by atoms with van der Waals surface area (Å²) in [4.78, 5) is 11.4. The van der Waals surface area contributed by atoms with Crippen LogP contribution < -0.4 is 0 Å². The van der Waals surface area contributed by atoms with Crippen LogP contribution in [0.5, 0.6) is 0 Å². The number of benzene rings is 1. The van der Waals surface area contributed by atoms with E-state index < -0.39 is 12.1 Å². The normalized spacial score (nSPS) is 12.7. The van der Waals surface area contributed by atoms with Crippen molar-refractivity contribution in [3.63, 3.8) is 0 Å². The van der Waals surface area contributed by atoms with Gasteiger partial charge in [-0.3, -0.25) is 4.68 Å². The maximum atomic E-state index is 11.4. The molecule has 2 rings (SSSR count). The number of aryl methyl sites for hydroxylation is 1. The van der Waals surface area contributed by atoms with Gasteiger partial charge in [0.05, 0.1) is 12.6 Å². The first kappa shape index (κ1) is 12.1. The van der Waals surface area contributed by atoms with Gasteiger partial charge in [-0.25, -0.2) is 4.79 Å². The second kappa shape index (κ2) is 4.46. The highest BCUT2D eigenvalue weighted by molar-refractivity contribution is 9.10. The third-order valence-corrected chi connectivity index (χ3v) is 3.14. The molecule has 1 atom stereocenters. The maximum Gasteiger partial charge on any atom is 0.339 e. The first-order chi connectivity index (χ1) is 8.06. The van der Waals surface area contributed by atoms with Gasteiger partial charge in [0.25, 0.3) is 0 Å². The molecule has 90 valence electrons. The molecule has 0 amide bonds. The number of aliphatic hydroxyl groups is 1. The van der Waals surface area contributed by atoms with Crippen molar-refractivity contribution in [1.82, 2.24) is 9.78 Å². The van der Waals surface area contributed by atoms with Crippen LogP contribution in [0.3, 0.4) is 0 Å². The van der Waals surface area contributed by atoms with E-state index in [1.807, 2.05) is 6.07 Å². The van der Waals surface area contributed by atoms with Crippen LogP contribution in [0.15, 0.2) is 22.8 Å². The fraction of sp³-hybridized carbons (Fsp3) is 0.273. The van der Waals surface area contributed by atoms with E-state index in [9.17, 15) is 9.90 Å². The van der Waals surface area contributed by atoms with E-state index in [0.717, 1.165) is 5.52 Å². The van der Waals surface area contributed by atoms with Crippen molar-refractivity contribution in [2.75, 3.05) is 7.11 Å². The van der Waals surface area contributed by atoms with Crippen LogP contribution in [-0.4, -0.2) is 28.0 Å². The van der Waals surface area contributed by atoms with E-state index in [2.05, 4.69) is 25.8 Å². The molecule has 2 aromatic rings. The smallest absolute Gasteiger partial charge is 0.339 e. The number of aromatic nitrogens is 2. The first-order valence-electron chi connectivity index (χ1n) is 4.93. The number of halogens is 1. The van der Waals surface area contributed by atoms with Crippen LogP contribution in [0.25, 0.3) is 10.9 Å². The number of fused-ring (bicyclic) bond motifs is 1. The molecule has 0 aliphatic rings. The van der Waals surface area contributed by atoms with Gasteiger partial charge in [-0.2, -0.15) is 5.10 Å². The van der Waals surface area contributed by atoms with E-state index in [-0.39, 0.29) is 0 Å². The van der Waals surface area contributed by atoms with Crippen molar-refractivity contribution < 1.29 is 14.6 Å². The predicted octanol–water partition coefficient (Wildman–Crippen LogP) is 1.54. The van der Waals surface area contributed by atoms with Gasteiger partial charge >= 0.3 is 5.97 Å². The number of methoxy groups -OCH3 is 1. The highest BCUT2D eigenvalue weighted by Crippen LogP contribution is 2.30. The summed E-state index contributed by atoms with van der Waals surface area (Å²) in [5, 5.41) is 14.8. The van der Waals surface area contributed by atoms with Crippen molar-refractivity contribution >= 4 is 32.8 Å². The third-order valence-electron chi connectivity index (χ3n) is 2.59. The number of hydrogen-bond acceptors (Lipinski definition) is 4. The molecule has 17 heavy (non-hydrogen) atoms. The molecule has 0 aliphatic carbocycles. The van der Waals surface area contributed by atoms with Crippen molar-refractivity contribution in [3.8, 4) is 0 Å². The topological polar surface area (TPSA) is 64.3 Å². The Morgan fingerprint density at radius 2 is 2.29 bits per heavy atom. The van der Waals surface area contributed by atoms with Gasteiger partial charge in [0.1, 0.15) is 4.60 Å². The maximum absolute atomic E-state index is 11.4. The molecule has 1 aromatic heterocycles. The second-order valence-corrected chi connectivity index (χ2v) is 4.33. The fourth-order valence-corrected chi connectivity index (χ4v) is 2.42. The molecule has 0 radical (unpaired) electrons. The second-order valence-electron chi connectivity index (χ2n) is 3.58. The Balaban J connectivity index is 2.66. The number of carbonyl (C=O) groups is 1. The minimum atomic E-state index is -1.30. The van der Waals surface area contributed by atoms with Gasteiger partial charge in [0, 0.05) is 18.0 Å². The van der Waals surface area contributed by atoms with Crippen LogP contribution in [0, 0.1) is 0 Å². The fourth-order valence-electron chi connectivity index (χ4n) is 1.75. The summed E-state index contributed by atoms with van der Waals surface area (Å²) in [6.07, 6.45) is -1.30. The standard InChI is InChI=1S/C11H11BrN2O3/c1-14-7-5-3-4-6(8(7)10(12)13-14)9(15)11(16)17-2/h3-5,9,15H,1-2H3. The SMILES string of the molecule is COC(=O)C(O)c1cccc2c1c(Br)nn2C. The Labute approximate surface area is 106 Å². The van der Waals surface area contributed by atoms with Gasteiger partial charge < -0.3 is 9.84 Å². The molecule has 1 heterocycles. The van der Waals surface area contributed by atoms with Crippen LogP contribution in [0.4, 0.5) is 0 Å². The zero-order valence-corrected chi connectivity index (χ0v) is 10.9. The Bertz CT molecular complexity index is 579. The molecule has 0 fully saturated rings.